The summed E-state index contributed by atoms with van der Waals surface area (Å²) >= 11 is 3.32. The molecule has 0 aliphatic rings. The Labute approximate surface area is 148 Å². The summed E-state index contributed by atoms with van der Waals surface area (Å²) in [6.07, 6.45) is 0.0925. The predicted octanol–water partition coefficient (Wildman–Crippen LogP) is 3.88. The van der Waals surface area contributed by atoms with Gasteiger partial charge >= 0.3 is 5.97 Å². The Bertz CT molecular complexity index is 783. The Morgan fingerprint density at radius 2 is 2.08 bits per heavy atom. The number of hydrogen-bond acceptors (Lipinski definition) is 5. The number of rotatable bonds is 6. The number of carbonyl (C=O) groups is 1. The Morgan fingerprint density at radius 1 is 1.29 bits per heavy atom. The van der Waals surface area contributed by atoms with E-state index >= 15 is 0 Å². The molecule has 0 saturated heterocycles. The number of hydrogen-bond donors (Lipinski definition) is 0. The van der Waals surface area contributed by atoms with Gasteiger partial charge in [-0.15, -0.1) is 0 Å². The Hall–Kier alpha value is -2.52. The van der Waals surface area contributed by atoms with Gasteiger partial charge < -0.3 is 14.2 Å². The van der Waals surface area contributed by atoms with Crippen LogP contribution in [-0.4, -0.2) is 19.7 Å². The molecule has 2 aromatic carbocycles. The molecule has 5 nitrogen and oxygen atoms in total. The van der Waals surface area contributed by atoms with Gasteiger partial charge in [-0.1, -0.05) is 12.1 Å². The highest BCUT2D eigenvalue weighted by Gasteiger charge is 2.16. The second-order valence-electron chi connectivity index (χ2n) is 4.83. The molecule has 0 bridgehead atoms. The summed E-state index contributed by atoms with van der Waals surface area (Å²) in [5.41, 5.74) is 1.19. The molecule has 0 heterocycles. The van der Waals surface area contributed by atoms with Gasteiger partial charge in [0.05, 0.1) is 36.2 Å². The number of ether oxygens (including phenoxy) is 3. The van der Waals surface area contributed by atoms with Gasteiger partial charge in [-0.3, -0.25) is 4.79 Å². The maximum absolute atomic E-state index is 12.2. The molecule has 0 saturated carbocycles. The van der Waals surface area contributed by atoms with Crippen molar-refractivity contribution in [2.24, 2.45) is 0 Å². The van der Waals surface area contributed by atoms with Gasteiger partial charge in [0.15, 0.2) is 11.5 Å². The maximum atomic E-state index is 12.2. The second-order valence-corrected chi connectivity index (χ2v) is 5.69. The van der Waals surface area contributed by atoms with Gasteiger partial charge in [-0.05, 0) is 46.6 Å². The Balaban J connectivity index is 2.20. The fraction of sp³-hybridized carbons (Fsp3) is 0.222. The van der Waals surface area contributed by atoms with E-state index in [2.05, 4.69) is 15.9 Å². The van der Waals surface area contributed by atoms with Crippen molar-refractivity contribution >= 4 is 21.9 Å². The average molecular weight is 390 g/mol. The van der Waals surface area contributed by atoms with E-state index in [1.807, 2.05) is 25.1 Å². The van der Waals surface area contributed by atoms with E-state index in [1.54, 1.807) is 31.4 Å². The van der Waals surface area contributed by atoms with E-state index in [-0.39, 0.29) is 12.2 Å². The fourth-order valence-electron chi connectivity index (χ4n) is 2.09. The van der Waals surface area contributed by atoms with Crippen LogP contribution in [0.4, 0.5) is 0 Å². The van der Waals surface area contributed by atoms with Crippen molar-refractivity contribution in [3.05, 3.63) is 52.0 Å². The summed E-state index contributed by atoms with van der Waals surface area (Å²) in [6.45, 7) is 2.20. The second kappa shape index (κ2) is 8.37. The summed E-state index contributed by atoms with van der Waals surface area (Å²) in [7, 11) is 1.57. The molecule has 24 heavy (non-hydrogen) atoms. The molecule has 2 aromatic rings. The lowest BCUT2D eigenvalue weighted by molar-refractivity contribution is -0.133. The van der Waals surface area contributed by atoms with E-state index in [1.165, 1.54) is 0 Å². The van der Waals surface area contributed by atoms with Crippen LogP contribution in [0.25, 0.3) is 0 Å². The van der Waals surface area contributed by atoms with Gasteiger partial charge in [-0.2, -0.15) is 5.26 Å². The molecule has 2 rings (SSSR count). The van der Waals surface area contributed by atoms with Gasteiger partial charge in [0, 0.05) is 6.07 Å². The summed E-state index contributed by atoms with van der Waals surface area (Å²) in [5.74, 6) is 0.857. The number of benzene rings is 2. The lowest BCUT2D eigenvalue weighted by Crippen LogP contribution is -2.12. The molecule has 0 fully saturated rings. The predicted molar refractivity (Wildman–Crippen MR) is 92.4 cm³/mol. The third-order valence-corrected chi connectivity index (χ3v) is 3.73. The standard InChI is InChI=1S/C18H16BrNO4/c1-3-23-16-9-13(11-20)8-15(19)18(16)24-17(21)10-12-5-4-6-14(7-12)22-2/h4-9H,3,10H2,1-2H3. The van der Waals surface area contributed by atoms with Crippen LogP contribution in [0.2, 0.25) is 0 Å². The molecule has 0 unspecified atom stereocenters. The first-order valence-electron chi connectivity index (χ1n) is 7.27. The van der Waals surface area contributed by atoms with Crippen LogP contribution in [0, 0.1) is 11.3 Å². The minimum Gasteiger partial charge on any atom is -0.497 e. The smallest absolute Gasteiger partial charge is 0.315 e. The van der Waals surface area contributed by atoms with Crippen molar-refractivity contribution in [3.8, 4) is 23.3 Å². The molecular formula is C18H16BrNO4. The fourth-order valence-corrected chi connectivity index (χ4v) is 2.62. The van der Waals surface area contributed by atoms with Crippen molar-refractivity contribution < 1.29 is 19.0 Å². The lowest BCUT2D eigenvalue weighted by atomic mass is 10.1. The number of esters is 1. The van der Waals surface area contributed by atoms with Crippen molar-refractivity contribution in [3.63, 3.8) is 0 Å². The van der Waals surface area contributed by atoms with Gasteiger partial charge in [-0.25, -0.2) is 0 Å². The summed E-state index contributed by atoms with van der Waals surface area (Å²) in [5, 5.41) is 9.03. The number of methoxy groups -OCH3 is 1. The van der Waals surface area contributed by atoms with E-state index in [0.29, 0.717) is 28.1 Å². The lowest BCUT2D eigenvalue weighted by Gasteiger charge is -2.13. The number of nitriles is 1. The SMILES string of the molecule is CCOc1cc(C#N)cc(Br)c1OC(=O)Cc1cccc(OC)c1. The van der Waals surface area contributed by atoms with Crippen molar-refractivity contribution in [1.29, 1.82) is 5.26 Å². The molecule has 0 aliphatic heterocycles. The Kier molecular flexibility index (Phi) is 6.21. The largest absolute Gasteiger partial charge is 0.497 e. The minimum absolute atomic E-state index is 0.0925. The van der Waals surface area contributed by atoms with E-state index in [4.69, 9.17) is 19.5 Å². The van der Waals surface area contributed by atoms with Crippen LogP contribution in [0.5, 0.6) is 17.2 Å². The highest BCUT2D eigenvalue weighted by Crippen LogP contribution is 2.37. The third-order valence-electron chi connectivity index (χ3n) is 3.14. The van der Waals surface area contributed by atoms with Gasteiger partial charge in [0.2, 0.25) is 0 Å². The number of carbonyl (C=O) groups excluding carboxylic acids is 1. The number of halogens is 1. The molecule has 0 N–H and O–H groups in total. The summed E-state index contributed by atoms with van der Waals surface area (Å²) in [4.78, 5) is 12.2. The first-order chi connectivity index (χ1) is 11.6. The van der Waals surface area contributed by atoms with Crippen molar-refractivity contribution in [2.45, 2.75) is 13.3 Å². The van der Waals surface area contributed by atoms with Crippen molar-refractivity contribution in [2.75, 3.05) is 13.7 Å². The maximum Gasteiger partial charge on any atom is 0.315 e. The molecule has 124 valence electrons. The van der Waals surface area contributed by atoms with Crippen LogP contribution >= 0.6 is 15.9 Å². The third kappa shape index (κ3) is 4.49. The molecule has 0 radical (unpaired) electrons. The zero-order chi connectivity index (χ0) is 17.5. The molecule has 6 heteroatoms. The zero-order valence-corrected chi connectivity index (χ0v) is 14.9. The highest BCUT2D eigenvalue weighted by atomic mass is 79.9. The van der Waals surface area contributed by atoms with E-state index in [0.717, 1.165) is 5.56 Å². The summed E-state index contributed by atoms with van der Waals surface area (Å²) < 4.78 is 16.5. The first-order valence-corrected chi connectivity index (χ1v) is 8.06. The molecule has 0 aliphatic carbocycles. The van der Waals surface area contributed by atoms with E-state index < -0.39 is 5.97 Å². The zero-order valence-electron chi connectivity index (χ0n) is 13.3. The topological polar surface area (TPSA) is 68.5 Å². The van der Waals surface area contributed by atoms with Crippen LogP contribution in [-0.2, 0) is 11.2 Å². The molecule has 0 aromatic heterocycles. The molecule has 0 atom stereocenters. The first kappa shape index (κ1) is 17.8. The van der Waals surface area contributed by atoms with Crippen molar-refractivity contribution in [1.82, 2.24) is 0 Å². The normalized spacial score (nSPS) is 9.92. The molecular weight excluding hydrogens is 374 g/mol. The molecule has 0 amide bonds. The van der Waals surface area contributed by atoms with Crippen LogP contribution < -0.4 is 14.2 Å². The monoisotopic (exact) mass is 389 g/mol. The Morgan fingerprint density at radius 3 is 2.75 bits per heavy atom. The van der Waals surface area contributed by atoms with Crippen LogP contribution in [0.3, 0.4) is 0 Å². The number of nitrogens with zero attached hydrogens (tertiary/aromatic N) is 1. The summed E-state index contributed by atoms with van der Waals surface area (Å²) in [6, 6.07) is 12.4. The van der Waals surface area contributed by atoms with Gasteiger partial charge in [0.25, 0.3) is 0 Å². The minimum atomic E-state index is -0.436. The average Bonchev–Trinajstić information content (AvgIpc) is 2.58. The van der Waals surface area contributed by atoms with E-state index in [9.17, 15) is 4.79 Å². The van der Waals surface area contributed by atoms with Gasteiger partial charge in [0.1, 0.15) is 5.75 Å². The van der Waals surface area contributed by atoms with Crippen LogP contribution in [0.15, 0.2) is 40.9 Å². The quantitative estimate of drug-likeness (QED) is 0.553. The van der Waals surface area contributed by atoms with Crippen LogP contribution in [0.1, 0.15) is 18.1 Å². The highest BCUT2D eigenvalue weighted by molar-refractivity contribution is 9.10. The molecule has 0 spiro atoms.